The summed E-state index contributed by atoms with van der Waals surface area (Å²) in [5.74, 6) is -0.372. The summed E-state index contributed by atoms with van der Waals surface area (Å²) in [7, 11) is 0. The average Bonchev–Trinajstić information content (AvgIpc) is 2.73. The summed E-state index contributed by atoms with van der Waals surface area (Å²) < 4.78 is 14.7. The maximum atomic E-state index is 13.1. The molecule has 1 heterocycles. The molecule has 1 N–H and O–H groups in total. The van der Waals surface area contributed by atoms with Gasteiger partial charge in [-0.2, -0.15) is 0 Å². The Bertz CT molecular complexity index is 574. The Morgan fingerprint density at radius 2 is 2.11 bits per heavy atom. The fourth-order valence-electron chi connectivity index (χ4n) is 1.59. The lowest BCUT2D eigenvalue weighted by Gasteiger charge is -2.20. The first kappa shape index (κ1) is 14.0. The number of hydrogen-bond acceptors (Lipinski definition) is 3. The van der Waals surface area contributed by atoms with Gasteiger partial charge in [-0.3, -0.25) is 0 Å². The molecule has 0 fully saturated rings. The summed E-state index contributed by atoms with van der Waals surface area (Å²) in [5, 5.41) is 11.5. The Morgan fingerprint density at radius 3 is 2.74 bits per heavy atom. The molecule has 6 heteroatoms. The van der Waals surface area contributed by atoms with Crippen molar-refractivity contribution in [2.75, 3.05) is 0 Å². The van der Waals surface area contributed by atoms with Gasteiger partial charge in [0.2, 0.25) is 0 Å². The molecule has 0 atom stereocenters. The van der Waals surface area contributed by atoms with E-state index in [0.29, 0.717) is 17.3 Å². The van der Waals surface area contributed by atoms with Crippen molar-refractivity contribution in [2.24, 2.45) is 0 Å². The second-order valence-corrected chi connectivity index (χ2v) is 5.74. The fourth-order valence-corrected chi connectivity index (χ4v) is 1.84. The minimum atomic E-state index is -0.372. The number of aromatic nitrogens is 3. The van der Waals surface area contributed by atoms with Gasteiger partial charge < -0.3 is 5.32 Å². The van der Waals surface area contributed by atoms with Gasteiger partial charge in [-0.05, 0) is 39.0 Å². The van der Waals surface area contributed by atoms with E-state index in [0.717, 1.165) is 5.69 Å². The maximum absolute atomic E-state index is 13.1. The van der Waals surface area contributed by atoms with Crippen LogP contribution >= 0.6 is 11.6 Å². The smallest absolute Gasteiger partial charge is 0.124 e. The number of rotatable bonds is 3. The summed E-state index contributed by atoms with van der Waals surface area (Å²) in [6.07, 6.45) is 1.67. The molecule has 0 saturated carbocycles. The molecule has 2 rings (SSSR count). The second kappa shape index (κ2) is 5.27. The Morgan fingerprint density at radius 1 is 1.37 bits per heavy atom. The van der Waals surface area contributed by atoms with E-state index < -0.39 is 0 Å². The molecule has 19 heavy (non-hydrogen) atoms. The van der Waals surface area contributed by atoms with Gasteiger partial charge in [-0.15, -0.1) is 5.10 Å². The predicted octanol–water partition coefficient (Wildman–Crippen LogP) is 2.95. The van der Waals surface area contributed by atoms with E-state index in [-0.39, 0.29) is 11.4 Å². The van der Waals surface area contributed by atoms with Gasteiger partial charge in [0.15, 0.2) is 0 Å². The summed E-state index contributed by atoms with van der Waals surface area (Å²) in [4.78, 5) is 0. The van der Waals surface area contributed by atoms with Crippen LogP contribution in [0.3, 0.4) is 0 Å². The molecule has 0 spiro atoms. The first-order chi connectivity index (χ1) is 8.87. The molecule has 0 aliphatic heterocycles. The lowest BCUT2D eigenvalue weighted by Crippen LogP contribution is -2.35. The summed E-state index contributed by atoms with van der Waals surface area (Å²) in [5.41, 5.74) is 1.47. The number of hydrogen-bond donors (Lipinski definition) is 1. The third-order valence-electron chi connectivity index (χ3n) is 2.56. The van der Waals surface area contributed by atoms with E-state index in [1.807, 2.05) is 0 Å². The zero-order valence-corrected chi connectivity index (χ0v) is 11.9. The Kier molecular flexibility index (Phi) is 3.87. The molecule has 0 saturated heterocycles. The first-order valence-corrected chi connectivity index (χ1v) is 6.35. The SMILES string of the molecule is CC(C)(C)NCc1cnnn1-c1ccc(F)cc1Cl. The van der Waals surface area contributed by atoms with Gasteiger partial charge in [-0.1, -0.05) is 16.8 Å². The minimum Gasteiger partial charge on any atom is -0.306 e. The second-order valence-electron chi connectivity index (χ2n) is 5.34. The first-order valence-electron chi connectivity index (χ1n) is 5.97. The largest absolute Gasteiger partial charge is 0.306 e. The van der Waals surface area contributed by atoms with Gasteiger partial charge in [0.25, 0.3) is 0 Å². The van der Waals surface area contributed by atoms with Crippen molar-refractivity contribution in [1.82, 2.24) is 20.3 Å². The van der Waals surface area contributed by atoms with Crippen molar-refractivity contribution in [3.05, 3.63) is 40.9 Å². The molecule has 1 aromatic heterocycles. The van der Waals surface area contributed by atoms with E-state index in [1.54, 1.807) is 16.9 Å². The monoisotopic (exact) mass is 282 g/mol. The van der Waals surface area contributed by atoms with E-state index in [2.05, 4.69) is 36.4 Å². The molecule has 0 amide bonds. The van der Waals surface area contributed by atoms with Crippen LogP contribution in [-0.4, -0.2) is 20.5 Å². The van der Waals surface area contributed by atoms with Crippen LogP contribution in [0.25, 0.3) is 5.69 Å². The average molecular weight is 283 g/mol. The van der Waals surface area contributed by atoms with Crippen molar-refractivity contribution in [2.45, 2.75) is 32.9 Å². The van der Waals surface area contributed by atoms with E-state index >= 15 is 0 Å². The normalized spacial score (nSPS) is 11.8. The van der Waals surface area contributed by atoms with Crippen LogP contribution in [-0.2, 0) is 6.54 Å². The number of nitrogens with one attached hydrogen (secondary N) is 1. The van der Waals surface area contributed by atoms with Crippen LogP contribution in [0.5, 0.6) is 0 Å². The predicted molar refractivity (Wildman–Crippen MR) is 72.9 cm³/mol. The van der Waals surface area contributed by atoms with Crippen molar-refractivity contribution >= 4 is 11.6 Å². The van der Waals surface area contributed by atoms with Crippen molar-refractivity contribution in [3.63, 3.8) is 0 Å². The molecule has 0 radical (unpaired) electrons. The maximum Gasteiger partial charge on any atom is 0.124 e. The third kappa shape index (κ3) is 3.52. The Hall–Kier alpha value is -1.46. The molecule has 0 unspecified atom stereocenters. The highest BCUT2D eigenvalue weighted by Gasteiger charge is 2.14. The Labute approximate surface area is 116 Å². The molecular formula is C13H16ClFN4. The summed E-state index contributed by atoms with van der Waals surface area (Å²) in [6, 6.07) is 4.20. The number of halogens is 2. The van der Waals surface area contributed by atoms with Crippen LogP contribution in [0.1, 0.15) is 26.5 Å². The molecule has 0 bridgehead atoms. The lowest BCUT2D eigenvalue weighted by molar-refractivity contribution is 0.418. The summed E-state index contributed by atoms with van der Waals surface area (Å²) in [6.45, 7) is 6.83. The van der Waals surface area contributed by atoms with E-state index in [1.165, 1.54) is 12.1 Å². The lowest BCUT2D eigenvalue weighted by atomic mass is 10.1. The quantitative estimate of drug-likeness (QED) is 0.941. The molecule has 1 aromatic carbocycles. The van der Waals surface area contributed by atoms with Crippen molar-refractivity contribution in [3.8, 4) is 5.69 Å². The topological polar surface area (TPSA) is 42.7 Å². The van der Waals surface area contributed by atoms with Crippen molar-refractivity contribution < 1.29 is 4.39 Å². The minimum absolute atomic E-state index is 0.0122. The van der Waals surface area contributed by atoms with Gasteiger partial charge in [0, 0.05) is 12.1 Å². The van der Waals surface area contributed by atoms with Crippen molar-refractivity contribution in [1.29, 1.82) is 0 Å². The van der Waals surface area contributed by atoms with Crippen LogP contribution in [0.15, 0.2) is 24.4 Å². The highest BCUT2D eigenvalue weighted by molar-refractivity contribution is 6.32. The van der Waals surface area contributed by atoms with E-state index in [9.17, 15) is 4.39 Å². The number of nitrogens with zero attached hydrogens (tertiary/aromatic N) is 3. The fraction of sp³-hybridized carbons (Fsp3) is 0.385. The molecular weight excluding hydrogens is 267 g/mol. The summed E-state index contributed by atoms with van der Waals surface area (Å²) >= 11 is 6.03. The molecule has 0 aliphatic rings. The van der Waals surface area contributed by atoms with Crippen LogP contribution in [0.2, 0.25) is 5.02 Å². The van der Waals surface area contributed by atoms with Gasteiger partial charge in [0.1, 0.15) is 5.82 Å². The van der Waals surface area contributed by atoms with Gasteiger partial charge in [-0.25, -0.2) is 9.07 Å². The number of benzene rings is 1. The molecule has 2 aromatic rings. The van der Waals surface area contributed by atoms with Crippen LogP contribution in [0.4, 0.5) is 4.39 Å². The highest BCUT2D eigenvalue weighted by atomic mass is 35.5. The molecule has 4 nitrogen and oxygen atoms in total. The molecule has 0 aliphatic carbocycles. The van der Waals surface area contributed by atoms with Gasteiger partial charge in [0.05, 0.1) is 22.6 Å². The van der Waals surface area contributed by atoms with Crippen LogP contribution < -0.4 is 5.32 Å². The van der Waals surface area contributed by atoms with Crippen LogP contribution in [0, 0.1) is 5.82 Å². The third-order valence-corrected chi connectivity index (χ3v) is 2.86. The van der Waals surface area contributed by atoms with E-state index in [4.69, 9.17) is 11.6 Å². The highest BCUT2D eigenvalue weighted by Crippen LogP contribution is 2.21. The molecule has 102 valence electrons. The van der Waals surface area contributed by atoms with Gasteiger partial charge >= 0.3 is 0 Å². The Balaban J connectivity index is 2.28. The zero-order valence-electron chi connectivity index (χ0n) is 11.1. The standard InChI is InChI=1S/C13H16ClFN4/c1-13(2,3)16-7-10-8-17-18-19(10)12-5-4-9(15)6-11(12)14/h4-6,8,16H,7H2,1-3H3. The zero-order chi connectivity index (χ0) is 14.0.